The highest BCUT2D eigenvalue weighted by atomic mass is 16.5. The first-order chi connectivity index (χ1) is 12.5. The first kappa shape index (κ1) is 15.8. The van der Waals surface area contributed by atoms with Gasteiger partial charge >= 0.3 is 5.97 Å². The van der Waals surface area contributed by atoms with Crippen LogP contribution in [0.15, 0.2) is 47.0 Å². The Labute approximate surface area is 146 Å². The van der Waals surface area contributed by atoms with Crippen molar-refractivity contribution < 1.29 is 28.6 Å². The zero-order valence-electron chi connectivity index (χ0n) is 13.5. The van der Waals surface area contributed by atoms with Crippen LogP contribution in [0.25, 0.3) is 0 Å². The van der Waals surface area contributed by atoms with Crippen molar-refractivity contribution in [2.24, 2.45) is 0 Å². The number of nitrogens with zero attached hydrogens (tertiary/aromatic N) is 1. The summed E-state index contributed by atoms with van der Waals surface area (Å²) in [5, 5.41) is 9.47. The average molecular weight is 349 g/mol. The van der Waals surface area contributed by atoms with Gasteiger partial charge in [0.05, 0.1) is 11.1 Å². The molecule has 4 rings (SSSR count). The van der Waals surface area contributed by atoms with Gasteiger partial charge < -0.3 is 14.3 Å². The largest absolute Gasteiger partial charge is 0.508 e. The number of pyridine rings is 1. The fraction of sp³-hybridized carbons (Fsp3) is 0.0526. The fourth-order valence-corrected chi connectivity index (χ4v) is 2.88. The number of furan rings is 1. The Kier molecular flexibility index (Phi) is 3.43. The Morgan fingerprint density at radius 3 is 2.73 bits per heavy atom. The molecule has 0 atom stereocenters. The van der Waals surface area contributed by atoms with E-state index in [1.165, 1.54) is 43.5 Å². The van der Waals surface area contributed by atoms with Crippen molar-refractivity contribution >= 4 is 17.5 Å². The van der Waals surface area contributed by atoms with E-state index in [0.717, 1.165) is 0 Å². The molecule has 0 saturated heterocycles. The Morgan fingerprint density at radius 2 is 1.96 bits per heavy atom. The highest BCUT2D eigenvalue weighted by Gasteiger charge is 2.39. The third kappa shape index (κ3) is 2.29. The van der Waals surface area contributed by atoms with E-state index in [1.54, 1.807) is 6.07 Å². The van der Waals surface area contributed by atoms with Gasteiger partial charge in [-0.15, -0.1) is 0 Å². The van der Waals surface area contributed by atoms with E-state index in [1.807, 2.05) is 0 Å². The summed E-state index contributed by atoms with van der Waals surface area (Å²) in [6.07, 6.45) is 1.40. The fourth-order valence-electron chi connectivity index (χ4n) is 2.88. The summed E-state index contributed by atoms with van der Waals surface area (Å²) in [5.74, 6) is -2.04. The Hall–Kier alpha value is -3.74. The third-order valence-electron chi connectivity index (χ3n) is 4.02. The molecule has 0 saturated carbocycles. The van der Waals surface area contributed by atoms with E-state index >= 15 is 0 Å². The van der Waals surface area contributed by atoms with Crippen LogP contribution in [0.5, 0.6) is 11.5 Å². The Balaban J connectivity index is 1.80. The molecule has 1 N–H and O–H groups in total. The molecular formula is C19H11NO6. The van der Waals surface area contributed by atoms with E-state index in [9.17, 15) is 19.5 Å². The summed E-state index contributed by atoms with van der Waals surface area (Å²) in [7, 11) is 0. The van der Waals surface area contributed by atoms with Crippen molar-refractivity contribution in [2.75, 3.05) is 0 Å². The van der Waals surface area contributed by atoms with Crippen molar-refractivity contribution in [1.82, 2.24) is 4.98 Å². The van der Waals surface area contributed by atoms with E-state index in [4.69, 9.17) is 9.15 Å². The lowest BCUT2D eigenvalue weighted by molar-refractivity contribution is 0.0728. The quantitative estimate of drug-likeness (QED) is 0.438. The van der Waals surface area contributed by atoms with Gasteiger partial charge in [-0.1, -0.05) is 6.07 Å². The normalized spacial score (nSPS) is 12.5. The van der Waals surface area contributed by atoms with Crippen molar-refractivity contribution in [3.05, 3.63) is 76.5 Å². The number of ether oxygens (including phenoxy) is 1. The van der Waals surface area contributed by atoms with Gasteiger partial charge in [0.2, 0.25) is 11.6 Å². The number of rotatable bonds is 2. The Morgan fingerprint density at radius 1 is 1.15 bits per heavy atom. The number of benzene rings is 1. The molecule has 7 nitrogen and oxygen atoms in total. The van der Waals surface area contributed by atoms with Gasteiger partial charge in [-0.3, -0.25) is 14.6 Å². The molecule has 1 aliphatic carbocycles. The molecular weight excluding hydrogens is 338 g/mol. The predicted octanol–water partition coefficient (Wildman–Crippen LogP) is 2.68. The molecule has 0 spiro atoms. The highest BCUT2D eigenvalue weighted by Crippen LogP contribution is 2.33. The maximum Gasteiger partial charge on any atom is 0.347 e. The monoisotopic (exact) mass is 349 g/mol. The number of carbonyl (C=O) groups excluding carboxylic acids is 3. The van der Waals surface area contributed by atoms with Crippen LogP contribution in [0.4, 0.5) is 0 Å². The summed E-state index contributed by atoms with van der Waals surface area (Å²) >= 11 is 0. The topological polar surface area (TPSA) is 107 Å². The van der Waals surface area contributed by atoms with Crippen LogP contribution in [-0.4, -0.2) is 27.6 Å². The molecule has 128 valence electrons. The van der Waals surface area contributed by atoms with E-state index in [0.29, 0.717) is 0 Å². The molecule has 2 heterocycles. The van der Waals surface area contributed by atoms with Crippen LogP contribution < -0.4 is 4.74 Å². The minimum absolute atomic E-state index is 0.0304. The lowest BCUT2D eigenvalue weighted by atomic mass is 9.90. The summed E-state index contributed by atoms with van der Waals surface area (Å²) in [6.45, 7) is 1.47. The SMILES string of the molecule is Cc1oc2c(c1C(=O)Oc1cccc(O)c1)C(=O)c1ncccc1C2=O. The molecule has 0 radical (unpaired) electrons. The molecule has 1 aliphatic rings. The number of carbonyl (C=O) groups is 3. The number of aromatic nitrogens is 1. The molecule has 26 heavy (non-hydrogen) atoms. The second kappa shape index (κ2) is 5.66. The second-order valence-electron chi connectivity index (χ2n) is 5.68. The van der Waals surface area contributed by atoms with E-state index in [2.05, 4.69) is 4.98 Å². The van der Waals surface area contributed by atoms with Gasteiger partial charge in [0, 0.05) is 12.3 Å². The van der Waals surface area contributed by atoms with Gasteiger partial charge in [0.15, 0.2) is 5.76 Å². The molecule has 0 fully saturated rings. The van der Waals surface area contributed by atoms with Gasteiger partial charge in [-0.05, 0) is 31.2 Å². The van der Waals surface area contributed by atoms with E-state index < -0.39 is 17.5 Å². The minimum Gasteiger partial charge on any atom is -0.508 e. The van der Waals surface area contributed by atoms with Crippen LogP contribution >= 0.6 is 0 Å². The number of fused-ring (bicyclic) bond motifs is 2. The second-order valence-corrected chi connectivity index (χ2v) is 5.68. The molecule has 3 aromatic rings. The summed E-state index contributed by atoms with van der Waals surface area (Å²) in [6, 6.07) is 8.68. The predicted molar refractivity (Wildman–Crippen MR) is 87.6 cm³/mol. The standard InChI is InChI=1S/C19H11NO6/c1-9-13(19(24)26-11-5-2-4-10(21)8-11)14-17(23)15-12(6-3-7-20-15)16(22)18(14)25-9/h2-8,21H,1H3. The summed E-state index contributed by atoms with van der Waals surface area (Å²) < 4.78 is 10.6. The van der Waals surface area contributed by atoms with Crippen LogP contribution in [0.2, 0.25) is 0 Å². The number of phenolic OH excluding ortho intramolecular Hbond substituents is 1. The zero-order valence-corrected chi connectivity index (χ0v) is 13.5. The molecule has 1 aromatic carbocycles. The van der Waals surface area contributed by atoms with Crippen LogP contribution in [0.3, 0.4) is 0 Å². The molecule has 0 amide bonds. The zero-order chi connectivity index (χ0) is 18.4. The van der Waals surface area contributed by atoms with Crippen LogP contribution in [-0.2, 0) is 0 Å². The Bertz CT molecular complexity index is 1100. The molecule has 0 bridgehead atoms. The number of ketones is 2. The molecule has 0 aliphatic heterocycles. The highest BCUT2D eigenvalue weighted by molar-refractivity contribution is 6.29. The first-order valence-corrected chi connectivity index (χ1v) is 7.66. The maximum absolute atomic E-state index is 12.8. The number of aromatic hydroxyl groups is 1. The lowest BCUT2D eigenvalue weighted by Gasteiger charge is -2.12. The van der Waals surface area contributed by atoms with Crippen molar-refractivity contribution in [2.45, 2.75) is 6.92 Å². The van der Waals surface area contributed by atoms with Crippen LogP contribution in [0.1, 0.15) is 48.3 Å². The van der Waals surface area contributed by atoms with Gasteiger partial charge in [0.25, 0.3) is 0 Å². The molecule has 7 heteroatoms. The number of hydrogen-bond donors (Lipinski definition) is 1. The van der Waals surface area contributed by atoms with Crippen molar-refractivity contribution in [1.29, 1.82) is 0 Å². The summed E-state index contributed by atoms with van der Waals surface area (Å²) in [5.41, 5.74) is -0.175. The van der Waals surface area contributed by atoms with Gasteiger partial charge in [-0.2, -0.15) is 0 Å². The van der Waals surface area contributed by atoms with Crippen molar-refractivity contribution in [3.8, 4) is 11.5 Å². The lowest BCUT2D eigenvalue weighted by Crippen LogP contribution is -2.23. The summed E-state index contributed by atoms with van der Waals surface area (Å²) in [4.78, 5) is 41.9. The maximum atomic E-state index is 12.8. The first-order valence-electron chi connectivity index (χ1n) is 7.66. The van der Waals surface area contributed by atoms with Gasteiger partial charge in [0.1, 0.15) is 28.5 Å². The smallest absolute Gasteiger partial charge is 0.347 e. The van der Waals surface area contributed by atoms with Crippen molar-refractivity contribution in [3.63, 3.8) is 0 Å². The molecule has 0 unspecified atom stereocenters. The molecule has 2 aromatic heterocycles. The average Bonchev–Trinajstić information content (AvgIpc) is 2.97. The van der Waals surface area contributed by atoms with E-state index in [-0.39, 0.29) is 45.4 Å². The number of phenols is 1. The number of esters is 1. The number of hydrogen-bond acceptors (Lipinski definition) is 7. The van der Waals surface area contributed by atoms with Gasteiger partial charge in [-0.25, -0.2) is 4.79 Å². The third-order valence-corrected chi connectivity index (χ3v) is 4.02. The number of aryl methyl sites for hydroxylation is 1. The van der Waals surface area contributed by atoms with Crippen LogP contribution in [0, 0.1) is 6.92 Å². The minimum atomic E-state index is -0.862.